The molecule has 0 fully saturated rings. The fourth-order valence-corrected chi connectivity index (χ4v) is 3.56. The van der Waals surface area contributed by atoms with Gasteiger partial charge in [0.2, 0.25) is 0 Å². The van der Waals surface area contributed by atoms with Gasteiger partial charge in [-0.2, -0.15) is 0 Å². The van der Waals surface area contributed by atoms with E-state index in [9.17, 15) is 4.79 Å². The molecule has 1 heterocycles. The molecular formula is C17H25ClN2O2. The Morgan fingerprint density at radius 2 is 1.95 bits per heavy atom. The lowest BCUT2D eigenvalue weighted by atomic mass is 9.78. The van der Waals surface area contributed by atoms with Crippen LogP contribution in [0.4, 0.5) is 10.5 Å². The lowest BCUT2D eigenvalue weighted by molar-refractivity contribution is 0.219. The minimum atomic E-state index is -0.405. The summed E-state index contributed by atoms with van der Waals surface area (Å²) in [5.74, 6) is 0.775. The van der Waals surface area contributed by atoms with E-state index in [0.717, 1.165) is 49.8 Å². The minimum absolute atomic E-state index is 0.187. The van der Waals surface area contributed by atoms with Gasteiger partial charge < -0.3 is 15.4 Å². The SMILES string of the molecule is CCCCCC1(CCC)NC(=O)Nc2c(Cl)ccc(OC)c21. The number of amides is 2. The Balaban J connectivity index is 2.54. The molecule has 1 unspecified atom stereocenters. The number of halogens is 1. The molecule has 0 aliphatic carbocycles. The number of anilines is 1. The first kappa shape index (κ1) is 16.9. The molecule has 1 aromatic carbocycles. The molecule has 0 bridgehead atoms. The van der Waals surface area contributed by atoms with Crippen LogP contribution in [0.15, 0.2) is 12.1 Å². The van der Waals surface area contributed by atoms with Crippen LogP contribution in [0, 0.1) is 0 Å². The van der Waals surface area contributed by atoms with E-state index in [1.165, 1.54) is 0 Å². The van der Waals surface area contributed by atoms with Crippen molar-refractivity contribution >= 4 is 23.3 Å². The number of ether oxygens (including phenoxy) is 1. The van der Waals surface area contributed by atoms with Gasteiger partial charge in [-0.1, -0.05) is 51.1 Å². The smallest absolute Gasteiger partial charge is 0.319 e. The first-order chi connectivity index (χ1) is 10.6. The predicted molar refractivity (Wildman–Crippen MR) is 90.9 cm³/mol. The monoisotopic (exact) mass is 324 g/mol. The lowest BCUT2D eigenvalue weighted by Gasteiger charge is -2.41. The van der Waals surface area contributed by atoms with E-state index in [1.807, 2.05) is 6.07 Å². The van der Waals surface area contributed by atoms with Crippen molar-refractivity contribution in [2.45, 2.75) is 57.9 Å². The van der Waals surface area contributed by atoms with Crippen molar-refractivity contribution in [3.8, 4) is 5.75 Å². The maximum Gasteiger partial charge on any atom is 0.319 e. The van der Waals surface area contributed by atoms with Crippen molar-refractivity contribution in [2.24, 2.45) is 0 Å². The number of rotatable bonds is 7. The molecule has 0 saturated heterocycles. The lowest BCUT2D eigenvalue weighted by Crippen LogP contribution is -2.52. The van der Waals surface area contributed by atoms with Crippen molar-refractivity contribution in [3.63, 3.8) is 0 Å². The number of nitrogens with one attached hydrogen (secondary N) is 2. The summed E-state index contributed by atoms with van der Waals surface area (Å²) in [5, 5.41) is 6.56. The van der Waals surface area contributed by atoms with Crippen LogP contribution in [-0.4, -0.2) is 13.1 Å². The van der Waals surface area contributed by atoms with E-state index in [2.05, 4.69) is 24.5 Å². The molecule has 1 atom stereocenters. The number of hydrogen-bond acceptors (Lipinski definition) is 2. The number of unbranched alkanes of at least 4 members (excludes halogenated alkanes) is 2. The Bertz CT molecular complexity index is 548. The Morgan fingerprint density at radius 1 is 1.18 bits per heavy atom. The maximum absolute atomic E-state index is 12.2. The van der Waals surface area contributed by atoms with Crippen LogP contribution in [0.5, 0.6) is 5.75 Å². The van der Waals surface area contributed by atoms with Crippen molar-refractivity contribution in [1.82, 2.24) is 5.32 Å². The Kier molecular flexibility index (Phi) is 5.57. The zero-order valence-corrected chi connectivity index (χ0v) is 14.3. The van der Waals surface area contributed by atoms with Gasteiger partial charge >= 0.3 is 6.03 Å². The third-order valence-corrected chi connectivity index (χ3v) is 4.60. The van der Waals surface area contributed by atoms with E-state index in [1.54, 1.807) is 13.2 Å². The molecule has 0 aromatic heterocycles. The van der Waals surface area contributed by atoms with Gasteiger partial charge in [0.1, 0.15) is 5.75 Å². The summed E-state index contributed by atoms with van der Waals surface area (Å²) < 4.78 is 5.56. The van der Waals surface area contributed by atoms with Crippen LogP contribution in [-0.2, 0) is 5.54 Å². The van der Waals surface area contributed by atoms with Crippen LogP contribution >= 0.6 is 11.6 Å². The fraction of sp³-hybridized carbons (Fsp3) is 0.588. The standard InChI is InChI=1S/C17H25ClN2O2/c1-4-6-7-11-17(10-5-2)14-13(22-3)9-8-12(18)15(14)19-16(21)20-17/h8-9H,4-7,10-11H2,1-3H3,(H2,19,20,21). The number of carbonyl (C=O) groups excluding carboxylic acids is 1. The third-order valence-electron chi connectivity index (χ3n) is 4.29. The normalized spacial score (nSPS) is 20.1. The number of urea groups is 1. The predicted octanol–water partition coefficient (Wildman–Crippen LogP) is 5.06. The van der Waals surface area contributed by atoms with Gasteiger partial charge in [0.15, 0.2) is 0 Å². The number of hydrogen-bond donors (Lipinski definition) is 2. The van der Waals surface area contributed by atoms with Crippen molar-refractivity contribution in [2.75, 3.05) is 12.4 Å². The first-order valence-electron chi connectivity index (χ1n) is 8.04. The molecule has 1 aliphatic rings. The summed E-state index contributed by atoms with van der Waals surface area (Å²) in [6.45, 7) is 4.31. The highest BCUT2D eigenvalue weighted by atomic mass is 35.5. The van der Waals surface area contributed by atoms with Gasteiger partial charge in [-0.3, -0.25) is 0 Å². The quantitative estimate of drug-likeness (QED) is 0.689. The highest BCUT2D eigenvalue weighted by molar-refractivity contribution is 6.34. The van der Waals surface area contributed by atoms with E-state index in [-0.39, 0.29) is 6.03 Å². The van der Waals surface area contributed by atoms with Gasteiger partial charge in [-0.15, -0.1) is 0 Å². The second kappa shape index (κ2) is 7.23. The Labute approximate surface area is 137 Å². The molecule has 0 spiro atoms. The summed E-state index contributed by atoms with van der Waals surface area (Å²) in [4.78, 5) is 12.2. The van der Waals surface area contributed by atoms with Gasteiger partial charge in [0.05, 0.1) is 23.4 Å². The summed E-state index contributed by atoms with van der Waals surface area (Å²) in [6, 6.07) is 3.46. The molecule has 1 aromatic rings. The molecule has 5 heteroatoms. The van der Waals surface area contributed by atoms with Crippen LogP contribution in [0.2, 0.25) is 5.02 Å². The van der Waals surface area contributed by atoms with Crippen LogP contribution < -0.4 is 15.4 Å². The highest BCUT2D eigenvalue weighted by Gasteiger charge is 2.41. The zero-order valence-electron chi connectivity index (χ0n) is 13.6. The molecule has 2 rings (SSSR count). The molecule has 4 nitrogen and oxygen atoms in total. The van der Waals surface area contributed by atoms with Gasteiger partial charge in [0, 0.05) is 5.56 Å². The molecule has 2 N–H and O–H groups in total. The second-order valence-corrected chi connectivity index (χ2v) is 6.28. The third kappa shape index (κ3) is 3.17. The Morgan fingerprint density at radius 3 is 2.59 bits per heavy atom. The largest absolute Gasteiger partial charge is 0.496 e. The van der Waals surface area contributed by atoms with E-state index < -0.39 is 5.54 Å². The summed E-state index contributed by atoms with van der Waals surface area (Å²) in [5.41, 5.74) is 1.27. The molecule has 1 aliphatic heterocycles. The molecule has 0 radical (unpaired) electrons. The molecular weight excluding hydrogens is 300 g/mol. The summed E-state index contributed by atoms with van der Waals surface area (Å²) >= 11 is 6.33. The number of methoxy groups -OCH3 is 1. The van der Waals surface area contributed by atoms with Crippen LogP contribution in [0.1, 0.15) is 57.9 Å². The molecule has 122 valence electrons. The number of carbonyl (C=O) groups is 1. The van der Waals surface area contributed by atoms with Crippen molar-refractivity contribution in [1.29, 1.82) is 0 Å². The maximum atomic E-state index is 12.2. The van der Waals surface area contributed by atoms with E-state index in [4.69, 9.17) is 16.3 Å². The van der Waals surface area contributed by atoms with Crippen molar-refractivity contribution in [3.05, 3.63) is 22.7 Å². The zero-order chi connectivity index (χ0) is 16.2. The van der Waals surface area contributed by atoms with Crippen LogP contribution in [0.25, 0.3) is 0 Å². The highest BCUT2D eigenvalue weighted by Crippen LogP contribution is 2.47. The molecule has 22 heavy (non-hydrogen) atoms. The van der Waals surface area contributed by atoms with Gasteiger partial charge in [0.25, 0.3) is 0 Å². The summed E-state index contributed by atoms with van der Waals surface area (Å²) in [7, 11) is 1.66. The molecule has 2 amide bonds. The van der Waals surface area contributed by atoms with E-state index in [0.29, 0.717) is 10.7 Å². The minimum Gasteiger partial charge on any atom is -0.496 e. The number of fused-ring (bicyclic) bond motifs is 1. The summed E-state index contributed by atoms with van der Waals surface area (Å²) in [6.07, 6.45) is 6.09. The van der Waals surface area contributed by atoms with Gasteiger partial charge in [-0.05, 0) is 25.0 Å². The van der Waals surface area contributed by atoms with Gasteiger partial charge in [-0.25, -0.2) is 4.79 Å². The number of benzene rings is 1. The topological polar surface area (TPSA) is 50.4 Å². The fourth-order valence-electron chi connectivity index (χ4n) is 3.35. The van der Waals surface area contributed by atoms with Crippen molar-refractivity contribution < 1.29 is 9.53 Å². The second-order valence-electron chi connectivity index (χ2n) is 5.87. The average Bonchev–Trinajstić information content (AvgIpc) is 2.49. The van der Waals surface area contributed by atoms with E-state index >= 15 is 0 Å². The Hall–Kier alpha value is -1.42. The molecule has 0 saturated carbocycles. The average molecular weight is 325 g/mol. The first-order valence-corrected chi connectivity index (χ1v) is 8.42. The van der Waals surface area contributed by atoms with Crippen LogP contribution in [0.3, 0.4) is 0 Å².